The molecule has 19 heteroatoms. The van der Waals surface area contributed by atoms with Crippen LogP contribution in [0, 0.1) is 24.2 Å². The van der Waals surface area contributed by atoms with E-state index in [1.54, 1.807) is 28.0 Å². The van der Waals surface area contributed by atoms with Gasteiger partial charge in [0.1, 0.15) is 11.6 Å². The number of unbranched alkanes of at least 4 members (excludes halogenated alkanes) is 5. The first-order chi connectivity index (χ1) is 36.7. The van der Waals surface area contributed by atoms with Crippen LogP contribution >= 0.6 is 0 Å². The van der Waals surface area contributed by atoms with Crippen molar-refractivity contribution in [3.8, 4) is 17.6 Å². The van der Waals surface area contributed by atoms with Crippen molar-refractivity contribution in [2.45, 2.75) is 102 Å². The van der Waals surface area contributed by atoms with Crippen LogP contribution in [0.25, 0.3) is 0 Å². The number of carbonyl (C=O) groups is 4. The molecule has 5 heterocycles. The molecule has 0 atom stereocenters. The third-order valence-electron chi connectivity index (χ3n) is 14.4. The van der Waals surface area contributed by atoms with Crippen LogP contribution < -0.4 is 56.5 Å². The van der Waals surface area contributed by atoms with E-state index in [2.05, 4.69) is 73.3 Å². The molecule has 5 aliphatic rings. The first-order valence-corrected chi connectivity index (χ1v) is 28.5. The molecule has 18 nitrogen and oxygen atoms in total. The van der Waals surface area contributed by atoms with Crippen LogP contribution in [0.2, 0.25) is 0 Å². The fraction of sp³-hybridized carbons (Fsp3) is 0.509. The molecule has 5 fully saturated rings. The quantitative estimate of drug-likeness (QED) is 0.0510. The van der Waals surface area contributed by atoms with Crippen LogP contribution in [-0.2, 0) is 19.6 Å². The average Bonchev–Trinajstić information content (AvgIpc) is 3.40. The number of ether oxygens (including phenoxy) is 1. The van der Waals surface area contributed by atoms with E-state index < -0.39 is 10.0 Å². The molecule has 1 spiro atoms. The van der Waals surface area contributed by atoms with Crippen LogP contribution in [0.5, 0.6) is 5.75 Å². The summed E-state index contributed by atoms with van der Waals surface area (Å²) in [5.41, 5.74) is 10.9. The van der Waals surface area contributed by atoms with Gasteiger partial charge in [0.25, 0.3) is 0 Å². The zero-order valence-electron chi connectivity index (χ0n) is 44.8. The maximum atomic E-state index is 12.5. The van der Waals surface area contributed by atoms with Crippen molar-refractivity contribution in [3.63, 3.8) is 0 Å². The summed E-state index contributed by atoms with van der Waals surface area (Å²) < 4.78 is 33.3. The van der Waals surface area contributed by atoms with Gasteiger partial charge in [0, 0.05) is 79.8 Å². The fourth-order valence-corrected chi connectivity index (χ4v) is 10.8. The molecule has 0 bridgehead atoms. The maximum absolute atomic E-state index is 12.5. The van der Waals surface area contributed by atoms with Crippen molar-refractivity contribution < 1.29 is 32.3 Å². The highest BCUT2D eigenvalue weighted by molar-refractivity contribution is 7.89. The number of benzene rings is 3. The smallest absolute Gasteiger partial charge is 0.328 e. The zero-order valence-corrected chi connectivity index (χ0v) is 45.6. The summed E-state index contributed by atoms with van der Waals surface area (Å²) in [6.45, 7) is 19.4. The Labute approximate surface area is 451 Å². The highest BCUT2D eigenvalue weighted by atomic mass is 32.2. The number of hydrogen-bond donors (Lipinski definition) is 7. The van der Waals surface area contributed by atoms with E-state index in [0.717, 1.165) is 73.4 Å². The lowest BCUT2D eigenvalue weighted by Gasteiger charge is -2.44. The van der Waals surface area contributed by atoms with Crippen molar-refractivity contribution in [1.29, 1.82) is 0 Å². The molecule has 0 radical (unpaired) electrons. The highest BCUT2D eigenvalue weighted by Gasteiger charge is 2.35. The van der Waals surface area contributed by atoms with Crippen LogP contribution in [0.1, 0.15) is 101 Å². The number of urea groups is 2. The maximum Gasteiger partial charge on any atom is 0.328 e. The molecule has 8 N–H and O–H groups in total. The first kappa shape index (κ1) is 59.0. The number of imide groups is 1. The van der Waals surface area contributed by atoms with Crippen molar-refractivity contribution >= 4 is 51.0 Å². The molecule has 412 valence electrons. The van der Waals surface area contributed by atoms with Crippen molar-refractivity contribution in [1.82, 2.24) is 36.2 Å². The van der Waals surface area contributed by atoms with Gasteiger partial charge in [0.2, 0.25) is 21.8 Å². The largest absolute Gasteiger partial charge is 0.494 e. The number of anilines is 3. The summed E-state index contributed by atoms with van der Waals surface area (Å²) in [6, 6.07) is 19.8. The number of sulfonamides is 1. The molecule has 0 unspecified atom stereocenters. The summed E-state index contributed by atoms with van der Waals surface area (Å²) in [6.07, 6.45) is 13.8. The Kier molecular flexibility index (Phi) is 23.2. The van der Waals surface area contributed by atoms with Crippen LogP contribution in [0.3, 0.4) is 0 Å². The standard InChI is InChI=1S/C23H30N4O.C17H26N4O3S.C17H25N3O3/c1-19-25-22(28)8-16-27(19)21-6-4-20(5-7-21)3-2-15-26-17-11-23(12-18-26)9-13-24-14-10-23;1-13-6-7-15(25(23,24)19-10-5-3-4-9-18)12-16(13)21-11-8-14(2)20-17(21)22;1-18-10-4-2-3-5-12-23-15-8-6-7-14(13-15)20-11-9-16(21)19-17(20)22/h4-7,24H,1,8-18H2,(H,25,28);6-7,12,19H,2-5,8-11,18H2,1H3,(H,20,22);6-8,13,18H,2-5,9-12H2,1H3,(H,19,21,22). The highest BCUT2D eigenvalue weighted by Crippen LogP contribution is 2.39. The lowest BCUT2D eigenvalue weighted by Crippen LogP contribution is -2.49. The summed E-state index contributed by atoms with van der Waals surface area (Å²) >= 11 is 0. The van der Waals surface area contributed by atoms with E-state index in [9.17, 15) is 27.6 Å². The van der Waals surface area contributed by atoms with Gasteiger partial charge in [0.05, 0.1) is 18.0 Å². The van der Waals surface area contributed by atoms with Gasteiger partial charge < -0.3 is 36.6 Å². The lowest BCUT2D eigenvalue weighted by molar-refractivity contribution is -0.121. The second-order valence-electron chi connectivity index (χ2n) is 20.0. The molecular formula is C57H81N11O7S. The Balaban J connectivity index is 0.000000186. The van der Waals surface area contributed by atoms with Gasteiger partial charge >= 0.3 is 12.1 Å². The molecule has 0 aromatic heterocycles. The van der Waals surface area contributed by atoms with Crippen molar-refractivity contribution in [2.24, 2.45) is 11.1 Å². The molecule has 6 amide bonds. The summed E-state index contributed by atoms with van der Waals surface area (Å²) in [5, 5.41) is 14.4. The molecule has 8 rings (SSSR count). The number of nitrogens with zero attached hydrogens (tertiary/aromatic N) is 4. The van der Waals surface area contributed by atoms with E-state index in [4.69, 9.17) is 10.5 Å². The number of hydrogen-bond acceptors (Lipinski definition) is 12. The van der Waals surface area contributed by atoms with Gasteiger partial charge in [-0.1, -0.05) is 56.4 Å². The summed E-state index contributed by atoms with van der Waals surface area (Å²) in [5.74, 6) is 7.86. The minimum absolute atomic E-state index is 0.0347. The molecule has 0 saturated carbocycles. The second kappa shape index (κ2) is 29.9. The minimum atomic E-state index is -3.61. The van der Waals surface area contributed by atoms with E-state index in [-0.39, 0.29) is 28.8 Å². The monoisotopic (exact) mass is 1060 g/mol. The SMILES string of the molecule is C=C1CCN(c2cc(S(=O)(=O)NCCCCCN)ccc2C)C(=O)N1.C=C1NC(=O)CCN1c1ccc(C#CCN2CCC3(CCNCC3)CC2)cc1.CNCCCCCCOc1cccc(N2CCC(=O)NC2=O)c1. The Morgan fingerprint density at radius 3 is 2.08 bits per heavy atom. The number of likely N-dealkylation sites (tertiary alicyclic amines) is 1. The second-order valence-corrected chi connectivity index (χ2v) is 21.8. The van der Waals surface area contributed by atoms with Gasteiger partial charge in [-0.3, -0.25) is 29.6 Å². The van der Waals surface area contributed by atoms with Gasteiger partial charge in [0.15, 0.2) is 0 Å². The van der Waals surface area contributed by atoms with Gasteiger partial charge in [-0.15, -0.1) is 0 Å². The Bertz CT molecular complexity index is 2620. The Hall–Kier alpha value is -6.27. The number of amides is 6. The number of nitrogens with two attached hydrogens (primary N) is 1. The van der Waals surface area contributed by atoms with E-state index >= 15 is 0 Å². The van der Waals surface area contributed by atoms with E-state index in [0.29, 0.717) is 81.2 Å². The summed E-state index contributed by atoms with van der Waals surface area (Å²) in [7, 11) is -1.64. The van der Waals surface area contributed by atoms with Crippen molar-refractivity contribution in [3.05, 3.63) is 103 Å². The van der Waals surface area contributed by atoms with Gasteiger partial charge in [-0.2, -0.15) is 0 Å². The molecule has 0 aliphatic carbocycles. The third kappa shape index (κ3) is 18.2. The molecule has 5 aliphatic heterocycles. The van der Waals surface area contributed by atoms with Crippen LogP contribution in [-0.4, -0.2) is 123 Å². The number of rotatable bonds is 19. The normalized spacial score (nSPS) is 17.8. The third-order valence-corrected chi connectivity index (χ3v) is 15.8. The fourth-order valence-electron chi connectivity index (χ4n) is 9.69. The average molecular weight is 1060 g/mol. The van der Waals surface area contributed by atoms with E-state index in [1.807, 2.05) is 55.3 Å². The minimum Gasteiger partial charge on any atom is -0.494 e. The molecule has 76 heavy (non-hydrogen) atoms. The molecule has 3 aromatic carbocycles. The van der Waals surface area contributed by atoms with Crippen LogP contribution in [0.4, 0.5) is 26.7 Å². The van der Waals surface area contributed by atoms with Crippen molar-refractivity contribution in [2.75, 3.05) is 100 Å². The lowest BCUT2D eigenvalue weighted by atomic mass is 9.71. The van der Waals surface area contributed by atoms with Gasteiger partial charge in [-0.05, 0) is 164 Å². The summed E-state index contributed by atoms with van der Waals surface area (Å²) in [4.78, 5) is 54.4. The molecule has 5 saturated heterocycles. The Morgan fingerprint density at radius 1 is 0.711 bits per heavy atom. The number of nitrogens with one attached hydrogen (secondary N) is 6. The number of piperidine rings is 2. The Morgan fingerprint density at radius 2 is 1.38 bits per heavy atom. The predicted molar refractivity (Wildman–Crippen MR) is 302 cm³/mol. The zero-order chi connectivity index (χ0) is 54.3. The topological polar surface area (TPSA) is 223 Å². The van der Waals surface area contributed by atoms with Crippen LogP contribution in [0.15, 0.2) is 96.3 Å². The van der Waals surface area contributed by atoms with Gasteiger partial charge in [-0.25, -0.2) is 22.7 Å². The first-order valence-electron chi connectivity index (χ1n) is 27.0. The number of aryl methyl sites for hydroxylation is 1. The predicted octanol–water partition coefficient (Wildman–Crippen LogP) is 6.43. The molecule has 3 aromatic rings. The molecular weight excluding hydrogens is 983 g/mol. The number of carbonyl (C=O) groups excluding carboxylic acids is 4. The van der Waals surface area contributed by atoms with E-state index in [1.165, 1.54) is 64.7 Å².